The highest BCUT2D eigenvalue weighted by molar-refractivity contribution is 6.13. The number of H-pyrrole nitrogens is 1. The number of rotatable bonds is 8. The van der Waals surface area contributed by atoms with E-state index in [1.54, 1.807) is 31.6 Å². The van der Waals surface area contributed by atoms with Crippen molar-refractivity contribution in [3.05, 3.63) is 72.6 Å². The van der Waals surface area contributed by atoms with Gasteiger partial charge in [-0.2, -0.15) is 0 Å². The SMILES string of the molecule is COc1ccccc1NC(=O)c1c[nH]c2ncc(-c3ccc(OCCN4CCOCC4)cc3)cc12. The number of carbonyl (C=O) groups is 1. The number of aromatic nitrogens is 2. The first-order valence-corrected chi connectivity index (χ1v) is 11.7. The van der Waals surface area contributed by atoms with Crippen LogP contribution in [-0.4, -0.2) is 67.3 Å². The van der Waals surface area contributed by atoms with Crippen LogP contribution in [0.2, 0.25) is 0 Å². The van der Waals surface area contributed by atoms with Gasteiger partial charge in [-0.3, -0.25) is 9.69 Å². The molecular formula is C27H28N4O4. The Morgan fingerprint density at radius 2 is 1.91 bits per heavy atom. The van der Waals surface area contributed by atoms with Gasteiger partial charge in [0.15, 0.2) is 0 Å². The summed E-state index contributed by atoms with van der Waals surface area (Å²) in [5.41, 5.74) is 3.70. The van der Waals surface area contributed by atoms with E-state index in [1.165, 1.54) is 0 Å². The summed E-state index contributed by atoms with van der Waals surface area (Å²) in [6, 6.07) is 17.2. The summed E-state index contributed by atoms with van der Waals surface area (Å²) < 4.78 is 16.6. The number of ether oxygens (including phenoxy) is 3. The molecule has 1 saturated heterocycles. The van der Waals surface area contributed by atoms with Crippen LogP contribution in [0.15, 0.2) is 67.0 Å². The van der Waals surface area contributed by atoms with Gasteiger partial charge in [-0.15, -0.1) is 0 Å². The zero-order chi connectivity index (χ0) is 24.0. The number of amides is 1. The molecule has 0 radical (unpaired) electrons. The van der Waals surface area contributed by atoms with E-state index in [1.807, 2.05) is 42.5 Å². The standard InChI is InChI=1S/C27H28N4O4/c1-33-25-5-3-2-4-24(25)30-27(32)23-18-29-26-22(23)16-20(17-28-26)19-6-8-21(9-7-19)35-15-12-31-10-13-34-14-11-31/h2-9,16-18H,10-15H2,1H3,(H,28,29)(H,30,32). The van der Waals surface area contributed by atoms with Crippen molar-refractivity contribution in [2.75, 3.05) is 51.9 Å². The minimum atomic E-state index is -0.233. The van der Waals surface area contributed by atoms with E-state index in [0.717, 1.165) is 55.1 Å². The molecule has 1 fully saturated rings. The molecule has 0 atom stereocenters. The van der Waals surface area contributed by atoms with E-state index in [2.05, 4.69) is 20.2 Å². The van der Waals surface area contributed by atoms with Crippen LogP contribution in [0.25, 0.3) is 22.2 Å². The summed E-state index contributed by atoms with van der Waals surface area (Å²) >= 11 is 0. The number of nitrogens with one attached hydrogen (secondary N) is 2. The van der Waals surface area contributed by atoms with Gasteiger partial charge >= 0.3 is 0 Å². The molecule has 8 nitrogen and oxygen atoms in total. The fourth-order valence-corrected chi connectivity index (χ4v) is 4.15. The first-order chi connectivity index (χ1) is 17.2. The summed E-state index contributed by atoms with van der Waals surface area (Å²) in [5.74, 6) is 1.20. The number of para-hydroxylation sites is 2. The van der Waals surface area contributed by atoms with Crippen molar-refractivity contribution in [1.82, 2.24) is 14.9 Å². The topological polar surface area (TPSA) is 88.7 Å². The number of hydrogen-bond donors (Lipinski definition) is 2. The van der Waals surface area contributed by atoms with Gasteiger partial charge in [-0.05, 0) is 35.9 Å². The highest BCUT2D eigenvalue weighted by atomic mass is 16.5. The normalized spacial score (nSPS) is 14.1. The Morgan fingerprint density at radius 3 is 2.71 bits per heavy atom. The summed E-state index contributed by atoms with van der Waals surface area (Å²) in [7, 11) is 1.58. The Hall–Kier alpha value is -3.88. The predicted molar refractivity (Wildman–Crippen MR) is 135 cm³/mol. The van der Waals surface area contributed by atoms with Crippen molar-refractivity contribution < 1.29 is 19.0 Å². The number of carbonyl (C=O) groups excluding carboxylic acids is 1. The fourth-order valence-electron chi connectivity index (χ4n) is 4.15. The van der Waals surface area contributed by atoms with Crippen LogP contribution in [0.4, 0.5) is 5.69 Å². The van der Waals surface area contributed by atoms with Crippen molar-refractivity contribution in [3.8, 4) is 22.6 Å². The number of nitrogens with zero attached hydrogens (tertiary/aromatic N) is 2. The van der Waals surface area contributed by atoms with Crippen LogP contribution < -0.4 is 14.8 Å². The first kappa shape index (κ1) is 22.9. The smallest absolute Gasteiger partial charge is 0.257 e. The molecule has 35 heavy (non-hydrogen) atoms. The van der Waals surface area contributed by atoms with Gasteiger partial charge in [-0.1, -0.05) is 24.3 Å². The van der Waals surface area contributed by atoms with Crippen LogP contribution in [0, 0.1) is 0 Å². The van der Waals surface area contributed by atoms with E-state index in [4.69, 9.17) is 14.2 Å². The molecule has 0 spiro atoms. The maximum absolute atomic E-state index is 13.0. The monoisotopic (exact) mass is 472 g/mol. The highest BCUT2D eigenvalue weighted by Gasteiger charge is 2.16. The van der Waals surface area contributed by atoms with E-state index < -0.39 is 0 Å². The van der Waals surface area contributed by atoms with Crippen LogP contribution in [0.5, 0.6) is 11.5 Å². The zero-order valence-electron chi connectivity index (χ0n) is 19.6. The lowest BCUT2D eigenvalue weighted by Crippen LogP contribution is -2.38. The van der Waals surface area contributed by atoms with Gasteiger partial charge in [0.1, 0.15) is 23.8 Å². The third-order valence-corrected chi connectivity index (χ3v) is 6.10. The molecule has 2 N–H and O–H groups in total. The van der Waals surface area contributed by atoms with Gasteiger partial charge < -0.3 is 24.5 Å². The highest BCUT2D eigenvalue weighted by Crippen LogP contribution is 2.28. The van der Waals surface area contributed by atoms with E-state index in [-0.39, 0.29) is 5.91 Å². The third kappa shape index (κ3) is 5.29. The lowest BCUT2D eigenvalue weighted by Gasteiger charge is -2.26. The molecule has 3 heterocycles. The molecule has 5 rings (SSSR count). The molecule has 4 aromatic rings. The largest absolute Gasteiger partial charge is 0.495 e. The predicted octanol–water partition coefficient (Wildman–Crippen LogP) is 4.20. The number of pyridine rings is 1. The quantitative estimate of drug-likeness (QED) is 0.400. The van der Waals surface area contributed by atoms with Gasteiger partial charge in [0.25, 0.3) is 5.91 Å². The molecule has 0 aliphatic carbocycles. The second kappa shape index (κ2) is 10.6. The number of anilines is 1. The van der Waals surface area contributed by atoms with E-state index >= 15 is 0 Å². The minimum Gasteiger partial charge on any atom is -0.495 e. The maximum Gasteiger partial charge on any atom is 0.257 e. The fraction of sp³-hybridized carbons (Fsp3) is 0.259. The molecule has 180 valence electrons. The van der Waals surface area contributed by atoms with Crippen molar-refractivity contribution in [3.63, 3.8) is 0 Å². The summed E-state index contributed by atoms with van der Waals surface area (Å²) in [4.78, 5) is 23.0. The molecular weight excluding hydrogens is 444 g/mol. The van der Waals surface area contributed by atoms with Crippen LogP contribution >= 0.6 is 0 Å². The third-order valence-electron chi connectivity index (χ3n) is 6.10. The first-order valence-electron chi connectivity index (χ1n) is 11.7. The number of benzene rings is 2. The van der Waals surface area contributed by atoms with Crippen molar-refractivity contribution >= 4 is 22.6 Å². The zero-order valence-corrected chi connectivity index (χ0v) is 19.6. The molecule has 2 aromatic heterocycles. The van der Waals surface area contributed by atoms with Crippen molar-refractivity contribution in [1.29, 1.82) is 0 Å². The molecule has 1 amide bonds. The Kier molecular flexibility index (Phi) is 6.92. The molecule has 1 aliphatic rings. The Labute approximate surface area is 203 Å². The van der Waals surface area contributed by atoms with E-state index in [0.29, 0.717) is 29.3 Å². The van der Waals surface area contributed by atoms with Gasteiger partial charge in [-0.25, -0.2) is 4.98 Å². The number of methoxy groups -OCH3 is 1. The second-order valence-electron chi connectivity index (χ2n) is 8.30. The van der Waals surface area contributed by atoms with Gasteiger partial charge in [0.2, 0.25) is 0 Å². The summed E-state index contributed by atoms with van der Waals surface area (Å²) in [6.07, 6.45) is 3.48. The number of morpholine rings is 1. The summed E-state index contributed by atoms with van der Waals surface area (Å²) in [6.45, 7) is 5.02. The summed E-state index contributed by atoms with van der Waals surface area (Å²) in [5, 5.41) is 3.68. The molecule has 0 saturated carbocycles. The lowest BCUT2D eigenvalue weighted by atomic mass is 10.1. The van der Waals surface area contributed by atoms with E-state index in [9.17, 15) is 4.79 Å². The molecule has 0 unspecified atom stereocenters. The number of fused-ring (bicyclic) bond motifs is 1. The molecule has 0 bridgehead atoms. The van der Waals surface area contributed by atoms with Crippen molar-refractivity contribution in [2.24, 2.45) is 0 Å². The Bertz CT molecular complexity index is 1300. The van der Waals surface area contributed by atoms with Crippen LogP contribution in [0.1, 0.15) is 10.4 Å². The maximum atomic E-state index is 13.0. The van der Waals surface area contributed by atoms with Gasteiger partial charge in [0.05, 0.1) is 31.6 Å². The minimum absolute atomic E-state index is 0.233. The van der Waals surface area contributed by atoms with Gasteiger partial charge in [0, 0.05) is 43.0 Å². The van der Waals surface area contributed by atoms with Crippen LogP contribution in [-0.2, 0) is 4.74 Å². The van der Waals surface area contributed by atoms with Crippen molar-refractivity contribution in [2.45, 2.75) is 0 Å². The second-order valence-corrected chi connectivity index (χ2v) is 8.30. The Morgan fingerprint density at radius 1 is 1.11 bits per heavy atom. The molecule has 1 aliphatic heterocycles. The number of hydrogen-bond acceptors (Lipinski definition) is 6. The Balaban J connectivity index is 1.28. The lowest BCUT2D eigenvalue weighted by molar-refractivity contribution is 0.0322. The molecule has 8 heteroatoms. The van der Waals surface area contributed by atoms with Crippen LogP contribution in [0.3, 0.4) is 0 Å². The average molecular weight is 473 g/mol. The number of aromatic amines is 1. The average Bonchev–Trinajstić information content (AvgIpc) is 3.33. The molecule has 2 aromatic carbocycles.